The SMILES string of the molecule is O=C(O)CCc1cc2cc(C(=O)c3ccccc3)ccc2[nH]1. The van der Waals surface area contributed by atoms with Crippen LogP contribution >= 0.6 is 0 Å². The van der Waals surface area contributed by atoms with Crippen molar-refractivity contribution in [3.8, 4) is 0 Å². The molecule has 3 aromatic rings. The van der Waals surface area contributed by atoms with Gasteiger partial charge >= 0.3 is 5.97 Å². The lowest BCUT2D eigenvalue weighted by Gasteiger charge is -2.01. The summed E-state index contributed by atoms with van der Waals surface area (Å²) in [5.41, 5.74) is 3.05. The first-order valence-corrected chi connectivity index (χ1v) is 7.07. The van der Waals surface area contributed by atoms with Gasteiger partial charge < -0.3 is 10.1 Å². The van der Waals surface area contributed by atoms with E-state index in [0.717, 1.165) is 16.6 Å². The number of aromatic nitrogens is 1. The zero-order valence-corrected chi connectivity index (χ0v) is 11.9. The summed E-state index contributed by atoms with van der Waals surface area (Å²) in [6, 6.07) is 16.5. The molecule has 3 rings (SSSR count). The Morgan fingerprint density at radius 1 is 0.955 bits per heavy atom. The van der Waals surface area contributed by atoms with Crippen molar-refractivity contribution in [2.24, 2.45) is 0 Å². The molecule has 22 heavy (non-hydrogen) atoms. The second-order valence-corrected chi connectivity index (χ2v) is 5.19. The lowest BCUT2D eigenvalue weighted by molar-refractivity contribution is -0.136. The van der Waals surface area contributed by atoms with Crippen LogP contribution in [0.1, 0.15) is 28.0 Å². The fourth-order valence-electron chi connectivity index (χ4n) is 2.47. The number of nitrogens with one attached hydrogen (secondary N) is 1. The number of aryl methyl sites for hydroxylation is 1. The Kier molecular flexibility index (Phi) is 3.74. The average Bonchev–Trinajstić information content (AvgIpc) is 2.95. The van der Waals surface area contributed by atoms with Crippen LogP contribution in [-0.4, -0.2) is 21.8 Å². The molecule has 1 aromatic heterocycles. The van der Waals surface area contributed by atoms with E-state index in [1.54, 1.807) is 18.2 Å². The molecule has 0 amide bonds. The molecule has 0 aliphatic rings. The first kappa shape index (κ1) is 14.1. The maximum absolute atomic E-state index is 12.4. The second kappa shape index (κ2) is 5.85. The van der Waals surface area contributed by atoms with Crippen LogP contribution in [0.15, 0.2) is 54.6 Å². The molecule has 0 atom stereocenters. The summed E-state index contributed by atoms with van der Waals surface area (Å²) in [6.07, 6.45) is 0.536. The average molecular weight is 293 g/mol. The highest BCUT2D eigenvalue weighted by Crippen LogP contribution is 2.20. The normalized spacial score (nSPS) is 10.7. The molecule has 4 heteroatoms. The van der Waals surface area contributed by atoms with E-state index in [2.05, 4.69) is 4.98 Å². The topological polar surface area (TPSA) is 70.2 Å². The Labute approximate surface area is 127 Å². The van der Waals surface area contributed by atoms with E-state index in [1.165, 1.54) is 0 Å². The molecule has 0 unspecified atom stereocenters. The highest BCUT2D eigenvalue weighted by Gasteiger charge is 2.10. The third-order valence-electron chi connectivity index (χ3n) is 3.58. The fraction of sp³-hybridized carbons (Fsp3) is 0.111. The van der Waals surface area contributed by atoms with Gasteiger partial charge in [-0.2, -0.15) is 0 Å². The molecule has 0 bridgehead atoms. The number of fused-ring (bicyclic) bond motifs is 1. The van der Waals surface area contributed by atoms with Crippen LogP contribution in [0, 0.1) is 0 Å². The molecular formula is C18H15NO3. The molecule has 2 N–H and O–H groups in total. The molecular weight excluding hydrogens is 278 g/mol. The van der Waals surface area contributed by atoms with Crippen LogP contribution in [0.25, 0.3) is 10.9 Å². The zero-order chi connectivity index (χ0) is 15.5. The highest BCUT2D eigenvalue weighted by atomic mass is 16.4. The minimum Gasteiger partial charge on any atom is -0.481 e. The van der Waals surface area contributed by atoms with E-state index in [1.807, 2.05) is 36.4 Å². The van der Waals surface area contributed by atoms with Crippen LogP contribution in [0.5, 0.6) is 0 Å². The molecule has 0 saturated heterocycles. The molecule has 0 radical (unpaired) electrons. The van der Waals surface area contributed by atoms with Gasteiger partial charge in [0.2, 0.25) is 0 Å². The number of benzene rings is 2. The lowest BCUT2D eigenvalue weighted by atomic mass is 10.0. The summed E-state index contributed by atoms with van der Waals surface area (Å²) >= 11 is 0. The molecule has 0 fully saturated rings. The van der Waals surface area contributed by atoms with Gasteiger partial charge in [0.1, 0.15) is 0 Å². The number of hydrogen-bond donors (Lipinski definition) is 2. The van der Waals surface area contributed by atoms with Gasteiger partial charge in [-0.25, -0.2) is 0 Å². The largest absolute Gasteiger partial charge is 0.481 e. The van der Waals surface area contributed by atoms with Gasteiger partial charge in [0.15, 0.2) is 5.78 Å². The van der Waals surface area contributed by atoms with Crippen LogP contribution in [-0.2, 0) is 11.2 Å². The van der Waals surface area contributed by atoms with Gasteiger partial charge in [-0.1, -0.05) is 30.3 Å². The van der Waals surface area contributed by atoms with E-state index >= 15 is 0 Å². The number of carboxylic acid groups (broad SMARTS) is 1. The number of carbonyl (C=O) groups excluding carboxylic acids is 1. The number of carboxylic acids is 1. The van der Waals surface area contributed by atoms with E-state index in [4.69, 9.17) is 5.11 Å². The Hall–Kier alpha value is -2.88. The highest BCUT2D eigenvalue weighted by molar-refractivity contribution is 6.10. The standard InChI is InChI=1S/C18H15NO3/c20-17(21)9-7-15-11-14-10-13(6-8-16(14)19-15)18(22)12-4-2-1-3-5-12/h1-6,8,10-11,19H,7,9H2,(H,20,21). The summed E-state index contributed by atoms with van der Waals surface area (Å²) in [6.45, 7) is 0. The number of hydrogen-bond acceptors (Lipinski definition) is 2. The number of aliphatic carboxylic acids is 1. The van der Waals surface area contributed by atoms with E-state index in [-0.39, 0.29) is 12.2 Å². The number of aromatic amines is 1. The second-order valence-electron chi connectivity index (χ2n) is 5.19. The van der Waals surface area contributed by atoms with Gasteiger partial charge in [-0.05, 0) is 30.7 Å². The summed E-state index contributed by atoms with van der Waals surface area (Å²) in [5, 5.41) is 9.65. The smallest absolute Gasteiger partial charge is 0.303 e. The first-order valence-electron chi connectivity index (χ1n) is 7.07. The Balaban J connectivity index is 1.89. The van der Waals surface area contributed by atoms with Crippen LogP contribution < -0.4 is 0 Å². The summed E-state index contributed by atoms with van der Waals surface area (Å²) in [7, 11) is 0. The predicted octanol–water partition coefficient (Wildman–Crippen LogP) is 3.42. The Morgan fingerprint density at radius 2 is 1.73 bits per heavy atom. The number of rotatable bonds is 5. The maximum atomic E-state index is 12.4. The molecule has 0 aliphatic heterocycles. The van der Waals surface area contributed by atoms with Crippen LogP contribution in [0.4, 0.5) is 0 Å². The zero-order valence-electron chi connectivity index (χ0n) is 11.9. The van der Waals surface area contributed by atoms with Crippen molar-refractivity contribution >= 4 is 22.7 Å². The predicted molar refractivity (Wildman–Crippen MR) is 84.1 cm³/mol. The summed E-state index contributed by atoms with van der Waals surface area (Å²) in [5.74, 6) is -0.839. The number of carbonyl (C=O) groups is 2. The van der Waals surface area contributed by atoms with Crippen molar-refractivity contribution in [3.05, 3.63) is 71.4 Å². The third-order valence-corrected chi connectivity index (χ3v) is 3.58. The van der Waals surface area contributed by atoms with Crippen molar-refractivity contribution in [1.29, 1.82) is 0 Å². The quantitative estimate of drug-likeness (QED) is 0.708. The summed E-state index contributed by atoms with van der Waals surface area (Å²) in [4.78, 5) is 26.2. The Bertz CT molecular complexity index is 834. The third kappa shape index (κ3) is 2.91. The van der Waals surface area contributed by atoms with Crippen molar-refractivity contribution in [2.75, 3.05) is 0 Å². The fourth-order valence-corrected chi connectivity index (χ4v) is 2.47. The van der Waals surface area contributed by atoms with Crippen molar-refractivity contribution in [3.63, 3.8) is 0 Å². The van der Waals surface area contributed by atoms with Gasteiger partial charge in [-0.15, -0.1) is 0 Å². The molecule has 1 heterocycles. The number of ketones is 1. The maximum Gasteiger partial charge on any atom is 0.303 e. The van der Waals surface area contributed by atoms with Gasteiger partial charge in [-0.3, -0.25) is 9.59 Å². The van der Waals surface area contributed by atoms with E-state index in [0.29, 0.717) is 17.5 Å². The molecule has 0 spiro atoms. The number of H-pyrrole nitrogens is 1. The van der Waals surface area contributed by atoms with Crippen molar-refractivity contribution in [1.82, 2.24) is 4.98 Å². The van der Waals surface area contributed by atoms with Crippen molar-refractivity contribution in [2.45, 2.75) is 12.8 Å². The molecule has 4 nitrogen and oxygen atoms in total. The van der Waals surface area contributed by atoms with Crippen LogP contribution in [0.2, 0.25) is 0 Å². The lowest BCUT2D eigenvalue weighted by Crippen LogP contribution is -2.00. The van der Waals surface area contributed by atoms with Gasteiger partial charge in [0.05, 0.1) is 6.42 Å². The van der Waals surface area contributed by atoms with Gasteiger partial charge in [0.25, 0.3) is 0 Å². The molecule has 0 aliphatic carbocycles. The first-order chi connectivity index (χ1) is 10.6. The minimum absolute atomic E-state index is 0.0178. The Morgan fingerprint density at radius 3 is 2.45 bits per heavy atom. The molecule has 0 saturated carbocycles. The molecule has 110 valence electrons. The molecule has 2 aromatic carbocycles. The van der Waals surface area contributed by atoms with Crippen molar-refractivity contribution < 1.29 is 14.7 Å². The summed E-state index contributed by atoms with van der Waals surface area (Å²) < 4.78 is 0. The monoisotopic (exact) mass is 293 g/mol. The minimum atomic E-state index is -0.821. The van der Waals surface area contributed by atoms with Gasteiger partial charge in [0, 0.05) is 27.7 Å². The van der Waals surface area contributed by atoms with E-state index < -0.39 is 5.97 Å². The van der Waals surface area contributed by atoms with Crippen LogP contribution in [0.3, 0.4) is 0 Å². The van der Waals surface area contributed by atoms with E-state index in [9.17, 15) is 9.59 Å².